The van der Waals surface area contributed by atoms with Crippen molar-refractivity contribution in [1.82, 2.24) is 0 Å². The Morgan fingerprint density at radius 2 is 2.38 bits per heavy atom. The molecule has 0 aromatic heterocycles. The van der Waals surface area contributed by atoms with Crippen molar-refractivity contribution in [3.8, 4) is 0 Å². The molecule has 0 aromatic rings. The van der Waals surface area contributed by atoms with Gasteiger partial charge in [0.2, 0.25) is 0 Å². The molecule has 72 valence electrons. The second kappa shape index (κ2) is 2.38. The Morgan fingerprint density at radius 3 is 3.23 bits per heavy atom. The summed E-state index contributed by atoms with van der Waals surface area (Å²) in [5.74, 6) is 1.42. The van der Waals surface area contributed by atoms with E-state index in [0.717, 1.165) is 6.42 Å². The van der Waals surface area contributed by atoms with E-state index in [0.29, 0.717) is 17.3 Å². The molecule has 2 bridgehead atoms. The number of fused-ring (bicyclic) bond motifs is 1. The van der Waals surface area contributed by atoms with Crippen molar-refractivity contribution in [3.05, 3.63) is 11.6 Å². The van der Waals surface area contributed by atoms with Crippen molar-refractivity contribution in [2.45, 2.75) is 45.1 Å². The predicted octanol–water partition coefficient (Wildman–Crippen LogP) is 2.50. The molecule has 0 heterocycles. The van der Waals surface area contributed by atoms with Gasteiger partial charge in [-0.25, -0.2) is 0 Å². The van der Waals surface area contributed by atoms with Gasteiger partial charge in [0, 0.05) is 5.41 Å². The lowest BCUT2D eigenvalue weighted by molar-refractivity contribution is 0.0358. The highest BCUT2D eigenvalue weighted by molar-refractivity contribution is 5.23. The summed E-state index contributed by atoms with van der Waals surface area (Å²) in [7, 11) is 0. The van der Waals surface area contributed by atoms with Crippen LogP contribution in [-0.4, -0.2) is 11.2 Å². The summed E-state index contributed by atoms with van der Waals surface area (Å²) >= 11 is 0. The maximum absolute atomic E-state index is 10.1. The largest absolute Gasteiger partial charge is 0.393 e. The quantitative estimate of drug-likeness (QED) is 0.565. The molecule has 2 saturated carbocycles. The van der Waals surface area contributed by atoms with E-state index in [4.69, 9.17) is 0 Å². The molecular weight excluding hydrogens is 160 g/mol. The average molecular weight is 178 g/mol. The van der Waals surface area contributed by atoms with Gasteiger partial charge in [0.05, 0.1) is 6.10 Å². The number of rotatable bonds is 0. The molecule has 4 atom stereocenters. The molecule has 1 N–H and O–H groups in total. The van der Waals surface area contributed by atoms with E-state index in [-0.39, 0.29) is 6.10 Å². The van der Waals surface area contributed by atoms with Gasteiger partial charge in [-0.05, 0) is 44.4 Å². The molecule has 0 aliphatic heterocycles. The van der Waals surface area contributed by atoms with E-state index < -0.39 is 0 Å². The van der Waals surface area contributed by atoms with Gasteiger partial charge in [0.15, 0.2) is 0 Å². The summed E-state index contributed by atoms with van der Waals surface area (Å²) < 4.78 is 0. The van der Waals surface area contributed by atoms with Gasteiger partial charge in [-0.3, -0.25) is 0 Å². The fourth-order valence-electron chi connectivity index (χ4n) is 4.02. The fraction of sp³-hybridized carbons (Fsp3) is 0.833. The van der Waals surface area contributed by atoms with Crippen molar-refractivity contribution in [2.24, 2.45) is 17.3 Å². The van der Waals surface area contributed by atoms with Crippen LogP contribution in [0.5, 0.6) is 0 Å². The highest BCUT2D eigenvalue weighted by Crippen LogP contribution is 2.60. The number of aliphatic hydroxyl groups is 1. The maximum atomic E-state index is 10.1. The summed E-state index contributed by atoms with van der Waals surface area (Å²) in [5.41, 5.74) is 1.88. The topological polar surface area (TPSA) is 20.2 Å². The van der Waals surface area contributed by atoms with Crippen LogP contribution in [0.2, 0.25) is 0 Å². The smallest absolute Gasteiger partial charge is 0.0608 e. The molecule has 1 heteroatoms. The number of allylic oxidation sites excluding steroid dienone is 2. The SMILES string of the molecule is CC1=C[C@@H]2CCC[C@]23C[C@H]1C[C@@H]3O. The highest BCUT2D eigenvalue weighted by Gasteiger charge is 2.55. The number of hydrogen-bond donors (Lipinski definition) is 1. The van der Waals surface area contributed by atoms with Gasteiger partial charge in [-0.15, -0.1) is 0 Å². The molecule has 13 heavy (non-hydrogen) atoms. The minimum atomic E-state index is -0.00120. The summed E-state index contributed by atoms with van der Waals surface area (Å²) in [4.78, 5) is 0. The van der Waals surface area contributed by atoms with Crippen LogP contribution in [0.3, 0.4) is 0 Å². The third-order valence-corrected chi connectivity index (χ3v) is 4.80. The van der Waals surface area contributed by atoms with Crippen LogP contribution in [0.1, 0.15) is 39.0 Å². The van der Waals surface area contributed by atoms with Crippen molar-refractivity contribution in [3.63, 3.8) is 0 Å². The Hall–Kier alpha value is -0.300. The van der Waals surface area contributed by atoms with Crippen LogP contribution in [0.4, 0.5) is 0 Å². The maximum Gasteiger partial charge on any atom is 0.0608 e. The van der Waals surface area contributed by atoms with Crippen LogP contribution in [0.15, 0.2) is 11.6 Å². The Balaban J connectivity index is 2.06. The summed E-state index contributed by atoms with van der Waals surface area (Å²) in [6, 6.07) is 0. The Bertz CT molecular complexity index is 268. The van der Waals surface area contributed by atoms with Gasteiger partial charge in [-0.2, -0.15) is 0 Å². The van der Waals surface area contributed by atoms with E-state index in [1.165, 1.54) is 25.7 Å². The normalized spacial score (nSPS) is 53.4. The van der Waals surface area contributed by atoms with E-state index in [2.05, 4.69) is 13.0 Å². The first kappa shape index (κ1) is 8.05. The van der Waals surface area contributed by atoms with Crippen LogP contribution in [0, 0.1) is 17.3 Å². The second-order valence-electron chi connectivity index (χ2n) is 5.30. The molecule has 1 spiro atoms. The minimum Gasteiger partial charge on any atom is -0.393 e. The molecule has 0 aromatic carbocycles. The average Bonchev–Trinajstić information content (AvgIpc) is 2.60. The zero-order chi connectivity index (χ0) is 9.05. The lowest BCUT2D eigenvalue weighted by Gasteiger charge is -2.36. The summed E-state index contributed by atoms with van der Waals surface area (Å²) in [6.07, 6.45) is 8.72. The Labute approximate surface area is 79.8 Å². The Morgan fingerprint density at radius 1 is 1.54 bits per heavy atom. The van der Waals surface area contributed by atoms with Gasteiger partial charge in [-0.1, -0.05) is 18.1 Å². The number of hydrogen-bond acceptors (Lipinski definition) is 1. The molecular formula is C12H18O. The molecule has 3 rings (SSSR count). The van der Waals surface area contributed by atoms with E-state index >= 15 is 0 Å². The number of aliphatic hydroxyl groups excluding tert-OH is 1. The molecule has 0 radical (unpaired) electrons. The zero-order valence-electron chi connectivity index (χ0n) is 8.29. The molecule has 0 saturated heterocycles. The van der Waals surface area contributed by atoms with Crippen molar-refractivity contribution < 1.29 is 5.11 Å². The van der Waals surface area contributed by atoms with E-state index in [9.17, 15) is 5.11 Å². The molecule has 3 aliphatic carbocycles. The van der Waals surface area contributed by atoms with Gasteiger partial charge >= 0.3 is 0 Å². The molecule has 0 unspecified atom stereocenters. The predicted molar refractivity (Wildman–Crippen MR) is 52.3 cm³/mol. The minimum absolute atomic E-state index is 0.00120. The third-order valence-electron chi connectivity index (χ3n) is 4.80. The van der Waals surface area contributed by atoms with E-state index in [1.54, 1.807) is 5.57 Å². The summed E-state index contributed by atoms with van der Waals surface area (Å²) in [5, 5.41) is 10.1. The third kappa shape index (κ3) is 0.864. The van der Waals surface area contributed by atoms with Gasteiger partial charge < -0.3 is 5.11 Å². The van der Waals surface area contributed by atoms with Crippen molar-refractivity contribution >= 4 is 0 Å². The first-order chi connectivity index (χ1) is 6.22. The summed E-state index contributed by atoms with van der Waals surface area (Å²) in [6.45, 7) is 2.25. The first-order valence-electron chi connectivity index (χ1n) is 5.59. The van der Waals surface area contributed by atoms with Crippen LogP contribution >= 0.6 is 0 Å². The highest BCUT2D eigenvalue weighted by atomic mass is 16.3. The monoisotopic (exact) mass is 178 g/mol. The van der Waals surface area contributed by atoms with Crippen molar-refractivity contribution in [2.75, 3.05) is 0 Å². The second-order valence-corrected chi connectivity index (χ2v) is 5.30. The van der Waals surface area contributed by atoms with Crippen LogP contribution in [0.25, 0.3) is 0 Å². The standard InChI is InChI=1S/C12H18O/c1-8-5-10-3-2-4-12(10)7-9(8)6-11(12)13/h5,9-11,13H,2-4,6-7H2,1H3/t9-,10+,11+,12+/m1/s1. The van der Waals surface area contributed by atoms with Gasteiger partial charge in [0.1, 0.15) is 0 Å². The van der Waals surface area contributed by atoms with Crippen molar-refractivity contribution in [1.29, 1.82) is 0 Å². The van der Waals surface area contributed by atoms with E-state index in [1.807, 2.05) is 0 Å². The lowest BCUT2D eigenvalue weighted by atomic mass is 9.70. The first-order valence-corrected chi connectivity index (χ1v) is 5.59. The molecule has 2 fully saturated rings. The fourth-order valence-corrected chi connectivity index (χ4v) is 4.02. The molecule has 1 nitrogen and oxygen atoms in total. The molecule has 3 aliphatic rings. The van der Waals surface area contributed by atoms with Crippen LogP contribution in [-0.2, 0) is 0 Å². The van der Waals surface area contributed by atoms with Crippen LogP contribution < -0.4 is 0 Å². The Kier molecular flexibility index (Phi) is 1.48. The lowest BCUT2D eigenvalue weighted by Crippen LogP contribution is -2.33. The zero-order valence-corrected chi connectivity index (χ0v) is 8.29. The van der Waals surface area contributed by atoms with Gasteiger partial charge in [0.25, 0.3) is 0 Å². The molecule has 0 amide bonds.